The van der Waals surface area contributed by atoms with Gasteiger partial charge in [0.1, 0.15) is 0 Å². The van der Waals surface area contributed by atoms with Gasteiger partial charge in [-0.1, -0.05) is 6.07 Å². The maximum Gasteiger partial charge on any atom is 0.313 e. The van der Waals surface area contributed by atoms with Crippen molar-refractivity contribution in [3.05, 3.63) is 45.6 Å². The lowest BCUT2D eigenvalue weighted by molar-refractivity contribution is -0.136. The molecule has 3 heterocycles. The number of rotatable bonds is 3. The Bertz CT molecular complexity index is 892. The molecule has 0 saturated heterocycles. The van der Waals surface area contributed by atoms with E-state index in [0.717, 1.165) is 41.1 Å². The molecule has 6 nitrogen and oxygen atoms in total. The van der Waals surface area contributed by atoms with E-state index in [9.17, 15) is 14.4 Å². The molecule has 134 valence electrons. The molecule has 1 aromatic heterocycles. The summed E-state index contributed by atoms with van der Waals surface area (Å²) in [6.45, 7) is 2.97. The lowest BCUT2D eigenvalue weighted by atomic mass is 9.96. The SMILES string of the molecule is CC1C(=O)N2CCCc3cc(NC(=O)C(=O)NCc4cccs4)cc1c32. The van der Waals surface area contributed by atoms with Crippen LogP contribution in [0.2, 0.25) is 0 Å². The molecule has 2 aliphatic heterocycles. The van der Waals surface area contributed by atoms with Crippen molar-refractivity contribution in [2.24, 2.45) is 0 Å². The number of aryl methyl sites for hydroxylation is 1. The highest BCUT2D eigenvalue weighted by molar-refractivity contribution is 7.09. The van der Waals surface area contributed by atoms with E-state index in [-0.39, 0.29) is 11.8 Å². The molecule has 3 amide bonds. The lowest BCUT2D eigenvalue weighted by Gasteiger charge is -2.26. The number of nitrogens with one attached hydrogen (secondary N) is 2. The molecule has 2 aliphatic rings. The highest BCUT2D eigenvalue weighted by Crippen LogP contribution is 2.44. The van der Waals surface area contributed by atoms with E-state index in [4.69, 9.17) is 0 Å². The van der Waals surface area contributed by atoms with Crippen LogP contribution in [-0.2, 0) is 27.3 Å². The minimum atomic E-state index is -0.696. The molecule has 0 spiro atoms. The first-order valence-electron chi connectivity index (χ1n) is 8.64. The monoisotopic (exact) mass is 369 g/mol. The number of anilines is 2. The molecule has 2 aromatic rings. The van der Waals surface area contributed by atoms with Gasteiger partial charge in [-0.25, -0.2) is 0 Å². The Balaban J connectivity index is 1.50. The van der Waals surface area contributed by atoms with Crippen LogP contribution in [0.15, 0.2) is 29.6 Å². The van der Waals surface area contributed by atoms with E-state index in [1.807, 2.05) is 41.5 Å². The Kier molecular flexibility index (Phi) is 4.24. The first-order valence-corrected chi connectivity index (χ1v) is 9.52. The molecule has 4 rings (SSSR count). The van der Waals surface area contributed by atoms with Gasteiger partial charge in [-0.05, 0) is 54.5 Å². The second-order valence-corrected chi connectivity index (χ2v) is 7.64. The highest BCUT2D eigenvalue weighted by Gasteiger charge is 2.38. The van der Waals surface area contributed by atoms with Gasteiger partial charge < -0.3 is 15.5 Å². The van der Waals surface area contributed by atoms with E-state index >= 15 is 0 Å². The minimum Gasteiger partial charge on any atom is -0.343 e. The fraction of sp³-hybridized carbons (Fsp3) is 0.316. The molecule has 0 radical (unpaired) electrons. The van der Waals surface area contributed by atoms with Crippen molar-refractivity contribution in [3.8, 4) is 0 Å². The Morgan fingerprint density at radius 3 is 2.92 bits per heavy atom. The van der Waals surface area contributed by atoms with E-state index in [1.54, 1.807) is 0 Å². The molecular weight excluding hydrogens is 350 g/mol. The van der Waals surface area contributed by atoms with Crippen LogP contribution in [0.25, 0.3) is 0 Å². The summed E-state index contributed by atoms with van der Waals surface area (Å²) in [6, 6.07) is 7.49. The Morgan fingerprint density at radius 2 is 2.15 bits per heavy atom. The van der Waals surface area contributed by atoms with E-state index in [0.29, 0.717) is 12.2 Å². The third-order valence-corrected chi connectivity index (χ3v) is 5.76. The number of hydrogen-bond acceptors (Lipinski definition) is 4. The van der Waals surface area contributed by atoms with Crippen LogP contribution in [0.5, 0.6) is 0 Å². The molecule has 1 aromatic carbocycles. The number of carbonyl (C=O) groups is 3. The van der Waals surface area contributed by atoms with Gasteiger partial charge in [-0.3, -0.25) is 14.4 Å². The van der Waals surface area contributed by atoms with Crippen molar-refractivity contribution in [1.82, 2.24) is 5.32 Å². The number of thiophene rings is 1. The molecule has 0 fully saturated rings. The molecule has 1 unspecified atom stereocenters. The van der Waals surface area contributed by atoms with Crippen molar-refractivity contribution in [2.45, 2.75) is 32.2 Å². The molecule has 0 aliphatic carbocycles. The molecule has 7 heteroatoms. The molecular formula is C19H19N3O3S. The van der Waals surface area contributed by atoms with Crippen LogP contribution in [0.1, 0.15) is 35.3 Å². The predicted octanol–water partition coefficient (Wildman–Crippen LogP) is 2.40. The summed E-state index contributed by atoms with van der Waals surface area (Å²) in [5, 5.41) is 7.21. The minimum absolute atomic E-state index is 0.109. The van der Waals surface area contributed by atoms with Crippen LogP contribution in [-0.4, -0.2) is 24.3 Å². The maximum atomic E-state index is 12.4. The number of benzene rings is 1. The lowest BCUT2D eigenvalue weighted by Crippen LogP contribution is -2.35. The summed E-state index contributed by atoms with van der Waals surface area (Å²) in [7, 11) is 0. The van der Waals surface area contributed by atoms with Crippen LogP contribution in [0.4, 0.5) is 11.4 Å². The van der Waals surface area contributed by atoms with Crippen LogP contribution in [0.3, 0.4) is 0 Å². The third kappa shape index (κ3) is 2.88. The number of carbonyl (C=O) groups excluding carboxylic acids is 3. The largest absolute Gasteiger partial charge is 0.343 e. The van der Waals surface area contributed by atoms with Crippen molar-refractivity contribution in [3.63, 3.8) is 0 Å². The fourth-order valence-corrected chi connectivity index (χ4v) is 4.26. The zero-order valence-corrected chi connectivity index (χ0v) is 15.2. The highest BCUT2D eigenvalue weighted by atomic mass is 32.1. The quantitative estimate of drug-likeness (QED) is 0.816. The van der Waals surface area contributed by atoms with E-state index in [2.05, 4.69) is 10.6 Å². The topological polar surface area (TPSA) is 78.5 Å². The normalized spacial score (nSPS) is 17.8. The standard InChI is InChI=1S/C19H19N3O3S/c1-11-15-9-13(8-12-4-2-6-22(16(12)15)19(11)25)21-18(24)17(23)20-10-14-5-3-7-26-14/h3,5,7-9,11H,2,4,6,10H2,1H3,(H,20,23)(H,21,24). The Labute approximate surface area is 155 Å². The van der Waals surface area contributed by atoms with E-state index < -0.39 is 11.8 Å². The zero-order chi connectivity index (χ0) is 18.3. The van der Waals surface area contributed by atoms with Gasteiger partial charge in [0, 0.05) is 17.1 Å². The van der Waals surface area contributed by atoms with Crippen LogP contribution >= 0.6 is 11.3 Å². The summed E-state index contributed by atoms with van der Waals surface area (Å²) in [6.07, 6.45) is 1.77. The summed E-state index contributed by atoms with van der Waals surface area (Å²) >= 11 is 1.52. The van der Waals surface area contributed by atoms with Gasteiger partial charge in [0.15, 0.2) is 0 Å². The van der Waals surface area contributed by atoms with Crippen LogP contribution < -0.4 is 15.5 Å². The van der Waals surface area contributed by atoms with Gasteiger partial charge in [0.2, 0.25) is 5.91 Å². The summed E-state index contributed by atoms with van der Waals surface area (Å²) < 4.78 is 0. The summed E-state index contributed by atoms with van der Waals surface area (Å²) in [4.78, 5) is 39.5. The van der Waals surface area contributed by atoms with Crippen LogP contribution in [0, 0.1) is 0 Å². The predicted molar refractivity (Wildman–Crippen MR) is 100 cm³/mol. The molecule has 1 atom stereocenters. The first-order chi connectivity index (χ1) is 12.5. The second kappa shape index (κ2) is 6.57. The molecule has 0 saturated carbocycles. The fourth-order valence-electron chi connectivity index (χ4n) is 3.62. The zero-order valence-electron chi connectivity index (χ0n) is 14.4. The Morgan fingerprint density at radius 1 is 1.31 bits per heavy atom. The van der Waals surface area contributed by atoms with E-state index in [1.165, 1.54) is 11.3 Å². The summed E-state index contributed by atoms with van der Waals surface area (Å²) in [5.41, 5.74) is 3.55. The van der Waals surface area contributed by atoms with Gasteiger partial charge in [0.05, 0.1) is 18.2 Å². The first kappa shape index (κ1) is 16.8. The average molecular weight is 369 g/mol. The molecule has 26 heavy (non-hydrogen) atoms. The van der Waals surface area contributed by atoms with Crippen molar-refractivity contribution >= 4 is 40.4 Å². The second-order valence-electron chi connectivity index (χ2n) is 6.60. The van der Waals surface area contributed by atoms with Gasteiger partial charge >= 0.3 is 11.8 Å². The van der Waals surface area contributed by atoms with Crippen molar-refractivity contribution < 1.29 is 14.4 Å². The van der Waals surface area contributed by atoms with Gasteiger partial charge in [-0.15, -0.1) is 11.3 Å². The van der Waals surface area contributed by atoms with Crippen molar-refractivity contribution in [2.75, 3.05) is 16.8 Å². The number of hydrogen-bond donors (Lipinski definition) is 2. The Hall–Kier alpha value is -2.67. The molecule has 2 N–H and O–H groups in total. The average Bonchev–Trinajstić information content (AvgIpc) is 3.24. The molecule has 0 bridgehead atoms. The summed E-state index contributed by atoms with van der Waals surface area (Å²) in [5.74, 6) is -1.47. The van der Waals surface area contributed by atoms with Gasteiger partial charge in [-0.2, -0.15) is 0 Å². The number of amides is 3. The smallest absolute Gasteiger partial charge is 0.313 e. The maximum absolute atomic E-state index is 12.4. The third-order valence-electron chi connectivity index (χ3n) is 4.89. The van der Waals surface area contributed by atoms with Gasteiger partial charge in [0.25, 0.3) is 0 Å². The number of nitrogens with zero attached hydrogens (tertiary/aromatic N) is 1. The van der Waals surface area contributed by atoms with Crippen molar-refractivity contribution in [1.29, 1.82) is 0 Å².